The van der Waals surface area contributed by atoms with Crippen molar-refractivity contribution < 1.29 is 9.90 Å². The van der Waals surface area contributed by atoms with E-state index in [4.69, 9.17) is 5.11 Å². The lowest BCUT2D eigenvalue weighted by Gasteiger charge is -2.03. The molecule has 1 N–H and O–H groups in total. The summed E-state index contributed by atoms with van der Waals surface area (Å²) in [4.78, 5) is 21.9. The second-order valence-corrected chi connectivity index (χ2v) is 3.78. The van der Waals surface area contributed by atoms with Gasteiger partial charge >= 0.3 is 5.97 Å². The molecule has 0 atom stereocenters. The molecular formula is C11H12N4O3. The molecule has 0 saturated carbocycles. The lowest BCUT2D eigenvalue weighted by Crippen LogP contribution is -2.20. The van der Waals surface area contributed by atoms with Crippen LogP contribution in [0, 0.1) is 0 Å². The fourth-order valence-corrected chi connectivity index (χ4v) is 1.54. The third-order valence-electron chi connectivity index (χ3n) is 2.39. The van der Waals surface area contributed by atoms with Crippen LogP contribution in [0.4, 0.5) is 0 Å². The topological polar surface area (TPSA) is 90.0 Å². The molecule has 0 fully saturated rings. The van der Waals surface area contributed by atoms with Crippen molar-refractivity contribution in [1.29, 1.82) is 0 Å². The van der Waals surface area contributed by atoms with Gasteiger partial charge in [-0.1, -0.05) is 11.3 Å². The van der Waals surface area contributed by atoms with Gasteiger partial charge in [0, 0.05) is 25.0 Å². The van der Waals surface area contributed by atoms with Gasteiger partial charge in [-0.3, -0.25) is 14.3 Å². The summed E-state index contributed by atoms with van der Waals surface area (Å²) < 4.78 is 3.08. The SMILES string of the molecule is O=C(O)Cc1cn(CCn2ccccc2=O)nn1. The van der Waals surface area contributed by atoms with Gasteiger partial charge < -0.3 is 9.67 Å². The Kier molecular flexibility index (Phi) is 3.52. The van der Waals surface area contributed by atoms with Crippen molar-refractivity contribution in [3.63, 3.8) is 0 Å². The number of aromatic nitrogens is 4. The van der Waals surface area contributed by atoms with Crippen LogP contribution in [0.5, 0.6) is 0 Å². The second kappa shape index (κ2) is 5.26. The van der Waals surface area contributed by atoms with E-state index in [1.54, 1.807) is 29.1 Å². The van der Waals surface area contributed by atoms with Crippen molar-refractivity contribution in [3.05, 3.63) is 46.6 Å². The molecule has 2 heterocycles. The summed E-state index contributed by atoms with van der Waals surface area (Å²) >= 11 is 0. The first-order chi connectivity index (χ1) is 8.65. The normalized spacial score (nSPS) is 10.4. The molecule has 2 rings (SSSR count). The standard InChI is InChI=1S/C11H12N4O3/c16-10-3-1-2-4-14(10)5-6-15-8-9(12-13-15)7-11(17)18/h1-4,8H,5-7H2,(H,17,18). The molecule has 0 aliphatic carbocycles. The Hall–Kier alpha value is -2.44. The van der Waals surface area contributed by atoms with Crippen LogP contribution in [0.3, 0.4) is 0 Å². The summed E-state index contributed by atoms with van der Waals surface area (Å²) in [7, 11) is 0. The maximum Gasteiger partial charge on any atom is 0.309 e. The van der Waals surface area contributed by atoms with Gasteiger partial charge in [0.2, 0.25) is 0 Å². The van der Waals surface area contributed by atoms with Crippen LogP contribution in [-0.2, 0) is 24.3 Å². The number of carboxylic acids is 1. The number of carboxylic acid groups (broad SMARTS) is 1. The fraction of sp³-hybridized carbons (Fsp3) is 0.273. The zero-order valence-corrected chi connectivity index (χ0v) is 9.56. The molecule has 0 radical (unpaired) electrons. The quantitative estimate of drug-likeness (QED) is 0.789. The summed E-state index contributed by atoms with van der Waals surface area (Å²) in [6, 6.07) is 4.94. The van der Waals surface area contributed by atoms with Crippen LogP contribution in [0.1, 0.15) is 5.69 Å². The summed E-state index contributed by atoms with van der Waals surface area (Å²) in [5.74, 6) is -0.943. The van der Waals surface area contributed by atoms with E-state index in [0.29, 0.717) is 18.8 Å². The molecule has 2 aromatic heterocycles. The van der Waals surface area contributed by atoms with Crippen LogP contribution < -0.4 is 5.56 Å². The lowest BCUT2D eigenvalue weighted by atomic mass is 10.3. The number of rotatable bonds is 5. The highest BCUT2D eigenvalue weighted by Crippen LogP contribution is 1.95. The van der Waals surface area contributed by atoms with E-state index in [1.807, 2.05) is 0 Å². The minimum absolute atomic E-state index is 0.0802. The Morgan fingerprint density at radius 3 is 2.89 bits per heavy atom. The molecule has 0 spiro atoms. The van der Waals surface area contributed by atoms with Gasteiger partial charge in [0.1, 0.15) is 0 Å². The molecule has 0 amide bonds. The van der Waals surface area contributed by atoms with Gasteiger partial charge in [-0.15, -0.1) is 5.10 Å². The minimum Gasteiger partial charge on any atom is -0.481 e. The van der Waals surface area contributed by atoms with Gasteiger partial charge in [0.05, 0.1) is 18.7 Å². The van der Waals surface area contributed by atoms with Gasteiger partial charge in [-0.05, 0) is 6.07 Å². The number of hydrogen-bond acceptors (Lipinski definition) is 4. The van der Waals surface area contributed by atoms with E-state index in [0.717, 1.165) is 0 Å². The highest BCUT2D eigenvalue weighted by molar-refractivity contribution is 5.69. The molecule has 0 unspecified atom stereocenters. The van der Waals surface area contributed by atoms with E-state index in [-0.39, 0.29) is 12.0 Å². The third-order valence-corrected chi connectivity index (χ3v) is 2.39. The maximum atomic E-state index is 11.4. The number of aliphatic carboxylic acids is 1. The average molecular weight is 248 g/mol. The van der Waals surface area contributed by atoms with E-state index in [2.05, 4.69) is 10.3 Å². The Labute approximate surface area is 102 Å². The first kappa shape index (κ1) is 12.0. The molecule has 2 aromatic rings. The maximum absolute atomic E-state index is 11.4. The van der Waals surface area contributed by atoms with E-state index in [9.17, 15) is 9.59 Å². The highest BCUT2D eigenvalue weighted by Gasteiger charge is 2.05. The molecule has 7 heteroatoms. The Morgan fingerprint density at radius 1 is 1.33 bits per heavy atom. The number of aryl methyl sites for hydroxylation is 2. The molecule has 0 aromatic carbocycles. The van der Waals surface area contributed by atoms with Crippen molar-refractivity contribution in [2.75, 3.05) is 0 Å². The molecule has 7 nitrogen and oxygen atoms in total. The van der Waals surface area contributed by atoms with Crippen molar-refractivity contribution in [2.45, 2.75) is 19.5 Å². The zero-order chi connectivity index (χ0) is 13.0. The average Bonchev–Trinajstić information content (AvgIpc) is 2.75. The minimum atomic E-state index is -0.943. The monoisotopic (exact) mass is 248 g/mol. The molecule has 0 saturated heterocycles. The Bertz CT molecular complexity index is 602. The Balaban J connectivity index is 1.98. The van der Waals surface area contributed by atoms with Crippen molar-refractivity contribution in [1.82, 2.24) is 19.6 Å². The van der Waals surface area contributed by atoms with Crippen LogP contribution in [-0.4, -0.2) is 30.6 Å². The molecule has 94 valence electrons. The van der Waals surface area contributed by atoms with Gasteiger partial charge in [-0.2, -0.15) is 0 Å². The smallest absolute Gasteiger partial charge is 0.309 e. The predicted octanol–water partition coefficient (Wildman–Crippen LogP) is -0.233. The summed E-state index contributed by atoms with van der Waals surface area (Å²) in [6.45, 7) is 0.937. The van der Waals surface area contributed by atoms with Crippen LogP contribution in [0.25, 0.3) is 0 Å². The Morgan fingerprint density at radius 2 is 2.17 bits per heavy atom. The van der Waals surface area contributed by atoms with E-state index >= 15 is 0 Å². The first-order valence-corrected chi connectivity index (χ1v) is 5.41. The fourth-order valence-electron chi connectivity index (χ4n) is 1.54. The van der Waals surface area contributed by atoms with Gasteiger partial charge in [-0.25, -0.2) is 0 Å². The van der Waals surface area contributed by atoms with Gasteiger partial charge in [0.15, 0.2) is 0 Å². The van der Waals surface area contributed by atoms with Crippen LogP contribution >= 0.6 is 0 Å². The third kappa shape index (κ3) is 3.03. The number of pyridine rings is 1. The van der Waals surface area contributed by atoms with Crippen LogP contribution in [0.2, 0.25) is 0 Å². The molecule has 0 aliphatic heterocycles. The second-order valence-electron chi connectivity index (χ2n) is 3.78. The van der Waals surface area contributed by atoms with Crippen molar-refractivity contribution in [2.24, 2.45) is 0 Å². The number of hydrogen-bond donors (Lipinski definition) is 1. The van der Waals surface area contributed by atoms with E-state index in [1.165, 1.54) is 10.7 Å². The first-order valence-electron chi connectivity index (χ1n) is 5.41. The summed E-state index contributed by atoms with van der Waals surface area (Å²) in [5.41, 5.74) is 0.325. The van der Waals surface area contributed by atoms with Gasteiger partial charge in [0.25, 0.3) is 5.56 Å². The molecular weight excluding hydrogens is 236 g/mol. The highest BCUT2D eigenvalue weighted by atomic mass is 16.4. The molecule has 0 aliphatic rings. The zero-order valence-electron chi connectivity index (χ0n) is 9.56. The molecule has 0 bridgehead atoms. The molecule has 18 heavy (non-hydrogen) atoms. The van der Waals surface area contributed by atoms with E-state index < -0.39 is 5.97 Å². The van der Waals surface area contributed by atoms with Crippen LogP contribution in [0.15, 0.2) is 35.4 Å². The lowest BCUT2D eigenvalue weighted by molar-refractivity contribution is -0.136. The van der Waals surface area contributed by atoms with Crippen molar-refractivity contribution in [3.8, 4) is 0 Å². The predicted molar refractivity (Wildman–Crippen MR) is 62.1 cm³/mol. The largest absolute Gasteiger partial charge is 0.481 e. The number of nitrogens with zero attached hydrogens (tertiary/aromatic N) is 4. The summed E-state index contributed by atoms with van der Waals surface area (Å²) in [6.07, 6.45) is 3.12. The number of carbonyl (C=O) groups is 1. The summed E-state index contributed by atoms with van der Waals surface area (Å²) in [5, 5.41) is 16.1. The van der Waals surface area contributed by atoms with Crippen molar-refractivity contribution >= 4 is 5.97 Å².